The van der Waals surface area contributed by atoms with Crippen molar-refractivity contribution in [3.05, 3.63) is 11.4 Å². The number of imidazole rings is 1. The van der Waals surface area contributed by atoms with Gasteiger partial charge in [-0.1, -0.05) is 31.5 Å². The highest BCUT2D eigenvalue weighted by atomic mass is 32.2. The van der Waals surface area contributed by atoms with Crippen molar-refractivity contribution in [2.75, 3.05) is 5.75 Å². The predicted molar refractivity (Wildman–Crippen MR) is 114 cm³/mol. The highest BCUT2D eigenvalue weighted by Gasteiger charge is 2.52. The number of urea groups is 1. The molecule has 1 spiro atoms. The van der Waals surface area contributed by atoms with Crippen LogP contribution in [0.25, 0.3) is 0 Å². The Morgan fingerprint density at radius 3 is 2.53 bits per heavy atom. The van der Waals surface area contributed by atoms with Crippen LogP contribution in [-0.4, -0.2) is 43.7 Å². The lowest BCUT2D eigenvalue weighted by atomic mass is 9.77. The number of carbonyl (C=O) groups excluding carboxylic acids is 3. The molecule has 2 aliphatic carbocycles. The molecule has 2 N–H and O–H groups in total. The largest absolute Gasteiger partial charge is 0.344 e. The molecule has 1 aromatic rings. The lowest BCUT2D eigenvalue weighted by Crippen LogP contribution is -2.51. The average Bonchev–Trinajstić information content (AvgIpc) is 3.39. The van der Waals surface area contributed by atoms with E-state index in [1.54, 1.807) is 0 Å². The fourth-order valence-corrected chi connectivity index (χ4v) is 5.84. The summed E-state index contributed by atoms with van der Waals surface area (Å²) in [4.78, 5) is 42.5. The van der Waals surface area contributed by atoms with Crippen LogP contribution in [0.3, 0.4) is 0 Å². The standard InChI is InChI=1S/C21H31N5O3S/c1-13-8-10-21(11-9-13)18(28)26(19(29)23-21)24-17(27)12-30-20-22-14(2)15(3)25(20)16-6-4-5-7-16/h13,16H,4-12H2,1-3H3,(H,23,29)(H,24,27). The molecular formula is C21H31N5O3S. The second-order valence-corrected chi connectivity index (χ2v) is 9.97. The number of hydrogen-bond donors (Lipinski definition) is 2. The van der Waals surface area contributed by atoms with Crippen LogP contribution in [0, 0.1) is 19.8 Å². The Labute approximate surface area is 181 Å². The van der Waals surface area contributed by atoms with Gasteiger partial charge >= 0.3 is 6.03 Å². The number of hydrazine groups is 1. The molecule has 0 aromatic carbocycles. The molecule has 1 saturated heterocycles. The second-order valence-electron chi connectivity index (χ2n) is 9.03. The van der Waals surface area contributed by atoms with Gasteiger partial charge in [0, 0.05) is 11.7 Å². The van der Waals surface area contributed by atoms with Crippen molar-refractivity contribution in [1.82, 2.24) is 25.3 Å². The Morgan fingerprint density at radius 1 is 1.20 bits per heavy atom. The molecule has 3 aliphatic rings. The second kappa shape index (κ2) is 8.24. The molecule has 1 aromatic heterocycles. The summed E-state index contributed by atoms with van der Waals surface area (Å²) in [6, 6.07) is -0.0942. The monoisotopic (exact) mass is 433 g/mol. The van der Waals surface area contributed by atoms with Gasteiger partial charge in [0.15, 0.2) is 5.16 Å². The van der Waals surface area contributed by atoms with E-state index in [0.29, 0.717) is 24.8 Å². The fourth-order valence-electron chi connectivity index (χ4n) is 4.89. The van der Waals surface area contributed by atoms with E-state index in [0.717, 1.165) is 47.2 Å². The van der Waals surface area contributed by atoms with Crippen molar-refractivity contribution in [2.24, 2.45) is 5.92 Å². The number of aryl methyl sites for hydroxylation is 1. The van der Waals surface area contributed by atoms with E-state index < -0.39 is 11.6 Å². The van der Waals surface area contributed by atoms with Crippen molar-refractivity contribution in [3.8, 4) is 0 Å². The van der Waals surface area contributed by atoms with E-state index in [1.165, 1.54) is 24.6 Å². The van der Waals surface area contributed by atoms with Gasteiger partial charge in [-0.3, -0.25) is 15.0 Å². The van der Waals surface area contributed by atoms with Gasteiger partial charge in [0.1, 0.15) is 5.54 Å². The minimum absolute atomic E-state index is 0.101. The summed E-state index contributed by atoms with van der Waals surface area (Å²) >= 11 is 1.36. The molecule has 1 aliphatic heterocycles. The van der Waals surface area contributed by atoms with Gasteiger partial charge in [0.05, 0.1) is 11.4 Å². The molecule has 0 atom stereocenters. The Bertz CT molecular complexity index is 853. The lowest BCUT2D eigenvalue weighted by Gasteiger charge is -2.33. The molecule has 164 valence electrons. The van der Waals surface area contributed by atoms with E-state index in [9.17, 15) is 14.4 Å². The predicted octanol–water partition coefficient (Wildman–Crippen LogP) is 3.24. The number of imide groups is 1. The van der Waals surface area contributed by atoms with Crippen LogP contribution >= 0.6 is 11.8 Å². The quantitative estimate of drug-likeness (QED) is 0.549. The van der Waals surface area contributed by atoms with Crippen LogP contribution in [0.5, 0.6) is 0 Å². The highest BCUT2D eigenvalue weighted by Crippen LogP contribution is 2.37. The fraction of sp³-hybridized carbons (Fsp3) is 0.714. The lowest BCUT2D eigenvalue weighted by molar-refractivity contribution is -0.139. The molecular weight excluding hydrogens is 402 g/mol. The Balaban J connectivity index is 1.38. The zero-order valence-electron chi connectivity index (χ0n) is 18.0. The minimum Gasteiger partial charge on any atom is -0.322 e. The van der Waals surface area contributed by atoms with Crippen molar-refractivity contribution < 1.29 is 14.4 Å². The maximum Gasteiger partial charge on any atom is 0.344 e. The van der Waals surface area contributed by atoms with Crippen molar-refractivity contribution in [1.29, 1.82) is 0 Å². The normalized spacial score (nSPS) is 27.2. The summed E-state index contributed by atoms with van der Waals surface area (Å²) in [5.74, 6) is -0.0576. The summed E-state index contributed by atoms with van der Waals surface area (Å²) in [5.41, 5.74) is 3.79. The molecule has 0 unspecified atom stereocenters. The number of nitrogens with one attached hydrogen (secondary N) is 2. The highest BCUT2D eigenvalue weighted by molar-refractivity contribution is 7.99. The molecule has 2 heterocycles. The van der Waals surface area contributed by atoms with Gasteiger partial charge in [-0.05, 0) is 58.3 Å². The van der Waals surface area contributed by atoms with Gasteiger partial charge in [-0.15, -0.1) is 0 Å². The number of hydrogen-bond acceptors (Lipinski definition) is 5. The Kier molecular flexibility index (Phi) is 5.83. The number of aromatic nitrogens is 2. The molecule has 4 rings (SSSR count). The van der Waals surface area contributed by atoms with Crippen molar-refractivity contribution in [2.45, 2.75) is 88.9 Å². The maximum atomic E-state index is 12.9. The van der Waals surface area contributed by atoms with Crippen LogP contribution in [0.2, 0.25) is 0 Å². The van der Waals surface area contributed by atoms with E-state index in [2.05, 4.69) is 34.1 Å². The smallest absolute Gasteiger partial charge is 0.322 e. The van der Waals surface area contributed by atoms with Gasteiger partial charge in [-0.25, -0.2) is 9.78 Å². The minimum atomic E-state index is -0.850. The third kappa shape index (κ3) is 3.84. The maximum absolute atomic E-state index is 12.9. The Morgan fingerprint density at radius 2 is 1.87 bits per heavy atom. The summed E-state index contributed by atoms with van der Waals surface area (Å²) in [7, 11) is 0. The van der Waals surface area contributed by atoms with E-state index in [-0.39, 0.29) is 17.6 Å². The number of nitrogens with zero attached hydrogens (tertiary/aromatic N) is 3. The number of amides is 4. The van der Waals surface area contributed by atoms with Crippen LogP contribution in [0.1, 0.15) is 75.7 Å². The SMILES string of the molecule is Cc1nc(SCC(=O)NN2C(=O)NC3(CCC(C)CC3)C2=O)n(C2CCCC2)c1C. The molecule has 9 heteroatoms. The van der Waals surface area contributed by atoms with Gasteiger partial charge in [0.25, 0.3) is 5.91 Å². The molecule has 4 amide bonds. The van der Waals surface area contributed by atoms with Gasteiger partial charge < -0.3 is 9.88 Å². The van der Waals surface area contributed by atoms with Crippen LogP contribution in [0.15, 0.2) is 5.16 Å². The van der Waals surface area contributed by atoms with E-state index >= 15 is 0 Å². The van der Waals surface area contributed by atoms with Crippen molar-refractivity contribution in [3.63, 3.8) is 0 Å². The zero-order chi connectivity index (χ0) is 21.5. The molecule has 0 bridgehead atoms. The average molecular weight is 434 g/mol. The first-order chi connectivity index (χ1) is 14.3. The Hall–Kier alpha value is -2.03. The number of thioether (sulfide) groups is 1. The molecule has 0 radical (unpaired) electrons. The first kappa shape index (κ1) is 21.2. The topological polar surface area (TPSA) is 96.3 Å². The third-order valence-corrected chi connectivity index (χ3v) is 7.86. The van der Waals surface area contributed by atoms with Crippen LogP contribution in [-0.2, 0) is 9.59 Å². The molecule has 30 heavy (non-hydrogen) atoms. The zero-order valence-corrected chi connectivity index (χ0v) is 18.8. The molecule has 3 fully saturated rings. The van der Waals surface area contributed by atoms with Crippen molar-refractivity contribution >= 4 is 29.6 Å². The molecule has 8 nitrogen and oxygen atoms in total. The first-order valence-electron chi connectivity index (χ1n) is 10.9. The summed E-state index contributed by atoms with van der Waals surface area (Å²) in [6.07, 6.45) is 7.75. The number of rotatable bonds is 5. The van der Waals surface area contributed by atoms with Crippen LogP contribution < -0.4 is 10.7 Å². The third-order valence-electron chi connectivity index (χ3n) is 6.90. The van der Waals surface area contributed by atoms with Crippen LogP contribution in [0.4, 0.5) is 4.79 Å². The summed E-state index contributed by atoms with van der Waals surface area (Å²) in [6.45, 7) is 6.22. The first-order valence-corrected chi connectivity index (χ1v) is 11.9. The van der Waals surface area contributed by atoms with E-state index in [1.807, 2.05) is 6.92 Å². The van der Waals surface area contributed by atoms with Gasteiger partial charge in [-0.2, -0.15) is 5.01 Å². The van der Waals surface area contributed by atoms with E-state index in [4.69, 9.17) is 0 Å². The molecule has 2 saturated carbocycles. The number of carbonyl (C=O) groups is 3. The summed E-state index contributed by atoms with van der Waals surface area (Å²) < 4.78 is 2.26. The van der Waals surface area contributed by atoms with Gasteiger partial charge in [0.2, 0.25) is 5.91 Å². The summed E-state index contributed by atoms with van der Waals surface area (Å²) in [5, 5.41) is 4.53.